The molecular weight excluding hydrogens is 494 g/mol. The van der Waals surface area contributed by atoms with Gasteiger partial charge in [0.1, 0.15) is 12.4 Å². The first-order chi connectivity index (χ1) is 18.1. The molecule has 1 atom stereocenters. The number of aromatic nitrogens is 5. The van der Waals surface area contributed by atoms with E-state index >= 15 is 0 Å². The second kappa shape index (κ2) is 10.8. The first-order valence-corrected chi connectivity index (χ1v) is 11.7. The van der Waals surface area contributed by atoms with E-state index in [1.807, 2.05) is 42.5 Å². The molecule has 0 aliphatic heterocycles. The highest BCUT2D eigenvalue weighted by Gasteiger charge is 2.23. The maximum absolute atomic E-state index is 13.2. The molecule has 0 aliphatic rings. The number of tetrazole rings is 1. The Balaban J connectivity index is 1.36. The number of nitrogens with one attached hydrogen (secondary N) is 2. The van der Waals surface area contributed by atoms with Crippen LogP contribution in [0.5, 0.6) is 0 Å². The summed E-state index contributed by atoms with van der Waals surface area (Å²) < 4.78 is 6.74. The van der Waals surface area contributed by atoms with Gasteiger partial charge in [-0.3, -0.25) is 9.59 Å². The highest BCUT2D eigenvalue weighted by atomic mass is 35.5. The quantitative estimate of drug-likeness (QED) is 0.302. The zero-order chi connectivity index (χ0) is 25.6. The van der Waals surface area contributed by atoms with Crippen molar-refractivity contribution in [3.8, 4) is 5.69 Å². The zero-order valence-corrected chi connectivity index (χ0v) is 20.0. The Labute approximate surface area is 215 Å². The number of halogens is 1. The fourth-order valence-corrected chi connectivity index (χ4v) is 3.94. The molecule has 3 aromatic carbocycles. The van der Waals surface area contributed by atoms with Gasteiger partial charge in [-0.1, -0.05) is 59.2 Å². The van der Waals surface area contributed by atoms with Crippen LogP contribution >= 0.6 is 11.6 Å². The Bertz CT molecular complexity index is 1570. The van der Waals surface area contributed by atoms with Crippen LogP contribution in [-0.2, 0) is 16.0 Å². The van der Waals surface area contributed by atoms with E-state index in [-0.39, 0.29) is 12.2 Å². The molecule has 5 rings (SSSR count). The summed E-state index contributed by atoms with van der Waals surface area (Å²) in [5.41, 5.74) is 2.68. The van der Waals surface area contributed by atoms with Gasteiger partial charge in [-0.05, 0) is 52.4 Å². The predicted octanol–water partition coefficient (Wildman–Crippen LogP) is 3.84. The third-order valence-corrected chi connectivity index (χ3v) is 5.77. The molecule has 0 saturated heterocycles. The van der Waals surface area contributed by atoms with E-state index in [4.69, 9.17) is 16.1 Å². The number of benzene rings is 3. The van der Waals surface area contributed by atoms with Gasteiger partial charge in [0.25, 0.3) is 0 Å². The molecule has 0 radical (unpaired) electrons. The van der Waals surface area contributed by atoms with Crippen molar-refractivity contribution in [3.63, 3.8) is 0 Å². The number of fused-ring (bicyclic) bond motifs is 1. The van der Waals surface area contributed by atoms with Crippen molar-refractivity contribution in [3.05, 3.63) is 101 Å². The Morgan fingerprint density at radius 1 is 1.05 bits per heavy atom. The zero-order valence-electron chi connectivity index (χ0n) is 19.3. The van der Waals surface area contributed by atoms with E-state index in [1.165, 1.54) is 17.1 Å². The molecule has 2 amide bonds. The van der Waals surface area contributed by atoms with Crippen LogP contribution in [0, 0.1) is 0 Å². The molecule has 2 N–H and O–H groups in total. The number of carbonyl (C=O) groups excluding carboxylic acids is 2. The highest BCUT2D eigenvalue weighted by molar-refractivity contribution is 6.30. The summed E-state index contributed by atoms with van der Waals surface area (Å²) in [6.45, 7) is 0. The minimum Gasteiger partial charge on any atom is -0.354 e. The summed E-state index contributed by atoms with van der Waals surface area (Å²) >= 11 is 6.16. The van der Waals surface area contributed by atoms with Crippen LogP contribution in [0.15, 0.2) is 89.7 Å². The average Bonchev–Trinajstić information content (AvgIpc) is 3.59. The third kappa shape index (κ3) is 5.71. The fraction of sp³-hybridized carbons (Fsp3) is 0.0769. The second-order valence-corrected chi connectivity index (χ2v) is 8.49. The molecule has 0 aliphatic carbocycles. The van der Waals surface area contributed by atoms with Gasteiger partial charge in [-0.15, -0.1) is 5.10 Å². The normalized spacial score (nSPS) is 12.0. The lowest BCUT2D eigenvalue weighted by molar-refractivity contribution is -0.123. The van der Waals surface area contributed by atoms with Crippen molar-refractivity contribution in [2.75, 3.05) is 5.32 Å². The van der Waals surface area contributed by atoms with E-state index in [0.717, 1.165) is 5.56 Å². The maximum Gasteiger partial charge on any atom is 0.248 e. The number of para-hydroxylation sites is 1. The molecule has 5 aromatic rings. The van der Waals surface area contributed by atoms with Gasteiger partial charge in [0, 0.05) is 23.1 Å². The Kier molecular flexibility index (Phi) is 7.00. The molecular formula is C26H20ClN7O3. The molecule has 1 unspecified atom stereocenters. The smallest absolute Gasteiger partial charge is 0.248 e. The number of carbonyl (C=O) groups is 2. The van der Waals surface area contributed by atoms with E-state index in [0.29, 0.717) is 27.2 Å². The molecule has 37 heavy (non-hydrogen) atoms. The molecule has 0 saturated carbocycles. The summed E-state index contributed by atoms with van der Waals surface area (Å²) in [5, 5.41) is 21.8. The van der Waals surface area contributed by atoms with Crippen molar-refractivity contribution in [2.45, 2.75) is 12.5 Å². The number of rotatable bonds is 8. The number of amides is 2. The largest absolute Gasteiger partial charge is 0.354 e. The van der Waals surface area contributed by atoms with Gasteiger partial charge >= 0.3 is 0 Å². The minimum absolute atomic E-state index is 0.273. The Morgan fingerprint density at radius 2 is 1.86 bits per heavy atom. The third-order valence-electron chi connectivity index (χ3n) is 5.53. The monoisotopic (exact) mass is 513 g/mol. The van der Waals surface area contributed by atoms with Gasteiger partial charge in [-0.25, -0.2) is 0 Å². The summed E-state index contributed by atoms with van der Waals surface area (Å²) in [5.74, 6) is -0.612. The number of hydrogen-bond acceptors (Lipinski definition) is 7. The van der Waals surface area contributed by atoms with Gasteiger partial charge < -0.3 is 15.2 Å². The molecule has 0 spiro atoms. The van der Waals surface area contributed by atoms with E-state index in [9.17, 15) is 9.59 Å². The van der Waals surface area contributed by atoms with Crippen molar-refractivity contribution < 1.29 is 14.1 Å². The van der Waals surface area contributed by atoms with Crippen LogP contribution in [-0.4, -0.2) is 43.2 Å². The first-order valence-electron chi connectivity index (χ1n) is 11.3. The molecule has 10 nitrogen and oxygen atoms in total. The van der Waals surface area contributed by atoms with Gasteiger partial charge in [0.05, 0.1) is 11.1 Å². The molecule has 11 heteroatoms. The van der Waals surface area contributed by atoms with Crippen LogP contribution in [0.25, 0.3) is 22.7 Å². The standard InChI is InChI=1S/C26H20ClN7O3/c27-19-11-12-22(34-16-28-32-33-34)18(15-19)10-13-24(35)29-21(14-17-6-2-1-3-7-17)26(36)30-25-20-8-4-5-9-23(20)37-31-25/h1-13,15-16,21H,14H2,(H,29,35)(H,30,31,36). The lowest BCUT2D eigenvalue weighted by Crippen LogP contribution is -2.44. The van der Waals surface area contributed by atoms with Crippen LogP contribution in [0.3, 0.4) is 0 Å². The van der Waals surface area contributed by atoms with Crippen molar-refractivity contribution in [2.24, 2.45) is 0 Å². The Hall–Kier alpha value is -4.83. The summed E-state index contributed by atoms with van der Waals surface area (Å²) in [6.07, 6.45) is 4.63. The SMILES string of the molecule is O=C(C=Cc1cc(Cl)ccc1-n1cnnn1)NC(Cc1ccccc1)C(=O)Nc1noc2ccccc12. The summed E-state index contributed by atoms with van der Waals surface area (Å²) in [7, 11) is 0. The van der Waals surface area contributed by atoms with Crippen LogP contribution in [0.1, 0.15) is 11.1 Å². The van der Waals surface area contributed by atoms with Crippen molar-refractivity contribution in [1.29, 1.82) is 0 Å². The van der Waals surface area contributed by atoms with Crippen LogP contribution in [0.4, 0.5) is 5.82 Å². The number of hydrogen-bond donors (Lipinski definition) is 2. The van der Waals surface area contributed by atoms with Crippen molar-refractivity contribution in [1.82, 2.24) is 30.7 Å². The Morgan fingerprint density at radius 3 is 2.68 bits per heavy atom. The van der Waals surface area contributed by atoms with Crippen molar-refractivity contribution >= 4 is 46.3 Å². The lowest BCUT2D eigenvalue weighted by Gasteiger charge is -2.17. The van der Waals surface area contributed by atoms with Gasteiger partial charge in [-0.2, -0.15) is 4.68 Å². The average molecular weight is 514 g/mol. The van der Waals surface area contributed by atoms with E-state index in [2.05, 4.69) is 31.3 Å². The molecule has 2 heterocycles. The number of anilines is 1. The summed E-state index contributed by atoms with van der Waals surface area (Å²) in [4.78, 5) is 26.2. The minimum atomic E-state index is -0.881. The topological polar surface area (TPSA) is 128 Å². The fourth-order valence-electron chi connectivity index (χ4n) is 3.76. The van der Waals surface area contributed by atoms with E-state index in [1.54, 1.807) is 36.4 Å². The van der Waals surface area contributed by atoms with Crippen LogP contribution in [0.2, 0.25) is 5.02 Å². The van der Waals surface area contributed by atoms with Gasteiger partial charge in [0.15, 0.2) is 11.4 Å². The maximum atomic E-state index is 13.2. The summed E-state index contributed by atoms with van der Waals surface area (Å²) in [6, 6.07) is 20.8. The molecule has 0 bridgehead atoms. The number of nitrogens with zero attached hydrogens (tertiary/aromatic N) is 5. The van der Waals surface area contributed by atoms with Gasteiger partial charge in [0.2, 0.25) is 11.8 Å². The highest BCUT2D eigenvalue weighted by Crippen LogP contribution is 2.23. The molecule has 0 fully saturated rings. The first kappa shape index (κ1) is 23.9. The predicted molar refractivity (Wildman–Crippen MR) is 138 cm³/mol. The lowest BCUT2D eigenvalue weighted by atomic mass is 10.0. The second-order valence-electron chi connectivity index (χ2n) is 8.06. The molecule has 2 aromatic heterocycles. The molecule has 184 valence electrons. The van der Waals surface area contributed by atoms with E-state index < -0.39 is 17.9 Å². The van der Waals surface area contributed by atoms with Crippen LogP contribution < -0.4 is 10.6 Å².